The summed E-state index contributed by atoms with van der Waals surface area (Å²) >= 11 is 3.48. The average molecular weight is 336 g/mol. The lowest BCUT2D eigenvalue weighted by molar-refractivity contribution is 0.185. The van der Waals surface area contributed by atoms with Gasteiger partial charge >= 0.3 is 0 Å². The molecule has 0 N–H and O–H groups in total. The molecule has 1 heterocycles. The van der Waals surface area contributed by atoms with Gasteiger partial charge in [0.15, 0.2) is 0 Å². The van der Waals surface area contributed by atoms with Crippen LogP contribution in [0.4, 0.5) is 0 Å². The van der Waals surface area contributed by atoms with E-state index >= 15 is 0 Å². The zero-order valence-corrected chi connectivity index (χ0v) is 13.1. The van der Waals surface area contributed by atoms with Crippen molar-refractivity contribution in [3.05, 3.63) is 47.5 Å². The second-order valence-electron chi connectivity index (χ2n) is 5.11. The van der Waals surface area contributed by atoms with E-state index in [1.807, 2.05) is 0 Å². The zero-order chi connectivity index (χ0) is 13.9. The van der Waals surface area contributed by atoms with Gasteiger partial charge in [0, 0.05) is 19.6 Å². The number of ether oxygens (including phenoxy) is 1. The maximum atomic E-state index is 5.19. The second-order valence-corrected chi connectivity index (χ2v) is 5.67. The smallest absolute Gasteiger partial charge is 0.143 e. The number of rotatable bonds is 6. The summed E-state index contributed by atoms with van der Waals surface area (Å²) in [4.78, 5) is 0. The standard InChI is InChI=1S/C15H18BrN3O/c1-20-8-7-19-14(10-16)17-18-15(19)13-9-12(13)11-5-3-2-4-6-11/h2-6,12-13H,7-10H2,1H3. The highest BCUT2D eigenvalue weighted by atomic mass is 79.9. The Morgan fingerprint density at radius 3 is 2.75 bits per heavy atom. The molecule has 0 bridgehead atoms. The maximum absolute atomic E-state index is 5.19. The van der Waals surface area contributed by atoms with Gasteiger partial charge in [0.2, 0.25) is 0 Å². The first kappa shape index (κ1) is 13.8. The molecule has 1 fully saturated rings. The normalized spacial score (nSPS) is 21.1. The molecule has 2 unspecified atom stereocenters. The van der Waals surface area contributed by atoms with Gasteiger partial charge in [-0.05, 0) is 17.9 Å². The fraction of sp³-hybridized carbons (Fsp3) is 0.467. The van der Waals surface area contributed by atoms with E-state index in [0.717, 1.165) is 29.9 Å². The minimum Gasteiger partial charge on any atom is -0.383 e. The van der Waals surface area contributed by atoms with Gasteiger partial charge in [0.25, 0.3) is 0 Å². The number of methoxy groups -OCH3 is 1. The second kappa shape index (κ2) is 6.06. The third kappa shape index (κ3) is 2.65. The highest BCUT2D eigenvalue weighted by Crippen LogP contribution is 2.54. The monoisotopic (exact) mass is 335 g/mol. The Balaban J connectivity index is 1.80. The maximum Gasteiger partial charge on any atom is 0.143 e. The topological polar surface area (TPSA) is 39.9 Å². The van der Waals surface area contributed by atoms with Crippen molar-refractivity contribution >= 4 is 15.9 Å². The van der Waals surface area contributed by atoms with Crippen molar-refractivity contribution in [1.82, 2.24) is 14.8 Å². The van der Waals surface area contributed by atoms with Crippen molar-refractivity contribution in [2.75, 3.05) is 13.7 Å². The van der Waals surface area contributed by atoms with Crippen LogP contribution in [0.1, 0.15) is 35.5 Å². The first-order valence-electron chi connectivity index (χ1n) is 6.87. The summed E-state index contributed by atoms with van der Waals surface area (Å²) in [6.07, 6.45) is 1.16. The fourth-order valence-corrected chi connectivity index (χ4v) is 3.11. The summed E-state index contributed by atoms with van der Waals surface area (Å²) in [5.41, 5.74) is 1.40. The van der Waals surface area contributed by atoms with Gasteiger partial charge in [-0.15, -0.1) is 10.2 Å². The molecule has 5 heteroatoms. The molecule has 20 heavy (non-hydrogen) atoms. The van der Waals surface area contributed by atoms with E-state index in [2.05, 4.69) is 61.0 Å². The van der Waals surface area contributed by atoms with Crippen LogP contribution in [0.3, 0.4) is 0 Å². The lowest BCUT2D eigenvalue weighted by atomic mass is 10.1. The van der Waals surface area contributed by atoms with E-state index in [9.17, 15) is 0 Å². The molecule has 1 aliphatic carbocycles. The van der Waals surface area contributed by atoms with Gasteiger partial charge in [-0.3, -0.25) is 0 Å². The van der Waals surface area contributed by atoms with Gasteiger partial charge < -0.3 is 9.30 Å². The van der Waals surface area contributed by atoms with E-state index in [1.54, 1.807) is 7.11 Å². The number of hydrogen-bond donors (Lipinski definition) is 0. The third-order valence-electron chi connectivity index (χ3n) is 3.84. The summed E-state index contributed by atoms with van der Waals surface area (Å²) in [6.45, 7) is 1.51. The predicted octanol–water partition coefficient (Wildman–Crippen LogP) is 3.09. The molecule has 106 valence electrons. The molecule has 0 amide bonds. The Hall–Kier alpha value is -1.20. The third-order valence-corrected chi connectivity index (χ3v) is 4.35. The summed E-state index contributed by atoms with van der Waals surface area (Å²) < 4.78 is 7.39. The van der Waals surface area contributed by atoms with Crippen LogP contribution in [0.25, 0.3) is 0 Å². The minimum atomic E-state index is 0.495. The summed E-state index contributed by atoms with van der Waals surface area (Å²) in [5, 5.41) is 9.42. The number of halogens is 1. The van der Waals surface area contributed by atoms with Crippen molar-refractivity contribution < 1.29 is 4.74 Å². The lowest BCUT2D eigenvalue weighted by Gasteiger charge is -2.08. The highest BCUT2D eigenvalue weighted by Gasteiger charge is 2.43. The largest absolute Gasteiger partial charge is 0.383 e. The van der Waals surface area contributed by atoms with Crippen LogP contribution in [0.15, 0.2) is 30.3 Å². The van der Waals surface area contributed by atoms with Gasteiger partial charge in [0.05, 0.1) is 11.9 Å². The first-order chi connectivity index (χ1) is 9.85. The Bertz CT molecular complexity index is 570. The average Bonchev–Trinajstić information content (AvgIpc) is 3.19. The SMILES string of the molecule is COCCn1c(CBr)nnc1C1CC1c1ccccc1. The quantitative estimate of drug-likeness (QED) is 0.761. The predicted molar refractivity (Wildman–Crippen MR) is 81.1 cm³/mol. The molecule has 2 atom stereocenters. The van der Waals surface area contributed by atoms with Crippen molar-refractivity contribution in [2.24, 2.45) is 0 Å². The molecular formula is C15H18BrN3O. The number of benzene rings is 1. The Morgan fingerprint density at radius 2 is 2.05 bits per heavy atom. The van der Waals surface area contributed by atoms with Crippen LogP contribution in [-0.4, -0.2) is 28.5 Å². The van der Waals surface area contributed by atoms with Crippen LogP contribution in [0, 0.1) is 0 Å². The fourth-order valence-electron chi connectivity index (χ4n) is 2.70. The summed E-state index contributed by atoms with van der Waals surface area (Å²) in [7, 11) is 1.72. The number of alkyl halides is 1. The summed E-state index contributed by atoms with van der Waals surface area (Å²) in [6, 6.07) is 10.7. The van der Waals surface area contributed by atoms with E-state index in [-0.39, 0.29) is 0 Å². The zero-order valence-electron chi connectivity index (χ0n) is 11.5. The number of hydrogen-bond acceptors (Lipinski definition) is 3. The van der Waals surface area contributed by atoms with Gasteiger partial charge in [0.1, 0.15) is 11.6 Å². The molecule has 1 aromatic heterocycles. The molecule has 2 aromatic rings. The number of aromatic nitrogens is 3. The van der Waals surface area contributed by atoms with E-state index in [0.29, 0.717) is 18.4 Å². The van der Waals surface area contributed by atoms with Crippen LogP contribution in [-0.2, 0) is 16.6 Å². The van der Waals surface area contributed by atoms with Crippen LogP contribution < -0.4 is 0 Å². The molecule has 0 aliphatic heterocycles. The summed E-state index contributed by atoms with van der Waals surface area (Å²) in [5.74, 6) is 3.17. The van der Waals surface area contributed by atoms with E-state index < -0.39 is 0 Å². The van der Waals surface area contributed by atoms with E-state index in [1.165, 1.54) is 5.56 Å². The first-order valence-corrected chi connectivity index (χ1v) is 7.99. The van der Waals surface area contributed by atoms with Crippen LogP contribution in [0.2, 0.25) is 0 Å². The van der Waals surface area contributed by atoms with Crippen molar-refractivity contribution in [2.45, 2.75) is 30.1 Å². The van der Waals surface area contributed by atoms with Crippen molar-refractivity contribution in [1.29, 1.82) is 0 Å². The van der Waals surface area contributed by atoms with Gasteiger partial charge in [-0.1, -0.05) is 46.3 Å². The minimum absolute atomic E-state index is 0.495. The van der Waals surface area contributed by atoms with Gasteiger partial charge in [-0.2, -0.15) is 0 Å². The molecular weight excluding hydrogens is 318 g/mol. The Kier molecular flexibility index (Phi) is 4.17. The van der Waals surface area contributed by atoms with E-state index in [4.69, 9.17) is 4.74 Å². The molecule has 1 saturated carbocycles. The van der Waals surface area contributed by atoms with Crippen LogP contribution >= 0.6 is 15.9 Å². The molecule has 0 saturated heterocycles. The van der Waals surface area contributed by atoms with Gasteiger partial charge in [-0.25, -0.2) is 0 Å². The molecule has 1 aliphatic rings. The Labute approximate surface area is 127 Å². The molecule has 4 nitrogen and oxygen atoms in total. The Morgan fingerprint density at radius 1 is 1.25 bits per heavy atom. The molecule has 1 aromatic carbocycles. The molecule has 3 rings (SSSR count). The van der Waals surface area contributed by atoms with Crippen LogP contribution in [0.5, 0.6) is 0 Å². The molecule has 0 radical (unpaired) electrons. The lowest BCUT2D eigenvalue weighted by Crippen LogP contribution is -2.10. The highest BCUT2D eigenvalue weighted by molar-refractivity contribution is 9.08. The van der Waals surface area contributed by atoms with Crippen molar-refractivity contribution in [3.8, 4) is 0 Å². The number of nitrogens with zero attached hydrogens (tertiary/aromatic N) is 3. The molecule has 0 spiro atoms. The van der Waals surface area contributed by atoms with Crippen molar-refractivity contribution in [3.63, 3.8) is 0 Å².